The number of carbonyl (C=O) groups is 2. The SMILES string of the molecule is O=C(NNC(=O)c1cc2ccccc2cc1O)c1ccc(Br)o1. The predicted octanol–water partition coefficient (Wildman–Crippen LogP) is 2.98. The van der Waals surface area contributed by atoms with E-state index in [0.29, 0.717) is 4.67 Å². The lowest BCUT2D eigenvalue weighted by molar-refractivity contribution is 0.0828. The van der Waals surface area contributed by atoms with Crippen molar-refractivity contribution < 1.29 is 19.1 Å². The van der Waals surface area contributed by atoms with Gasteiger partial charge in [0.05, 0.1) is 5.56 Å². The minimum atomic E-state index is -0.632. The van der Waals surface area contributed by atoms with Crippen LogP contribution in [0.25, 0.3) is 10.8 Å². The van der Waals surface area contributed by atoms with Gasteiger partial charge in [-0.1, -0.05) is 24.3 Å². The summed E-state index contributed by atoms with van der Waals surface area (Å²) >= 11 is 3.08. The van der Waals surface area contributed by atoms with Gasteiger partial charge in [0.25, 0.3) is 5.91 Å². The van der Waals surface area contributed by atoms with Gasteiger partial charge in [-0.15, -0.1) is 0 Å². The number of hydrogen-bond acceptors (Lipinski definition) is 4. The third kappa shape index (κ3) is 3.19. The van der Waals surface area contributed by atoms with E-state index in [1.807, 2.05) is 24.3 Å². The molecule has 1 aromatic heterocycles. The Labute approximate surface area is 139 Å². The van der Waals surface area contributed by atoms with E-state index in [-0.39, 0.29) is 17.1 Å². The minimum Gasteiger partial charge on any atom is -0.507 e. The van der Waals surface area contributed by atoms with E-state index in [9.17, 15) is 14.7 Å². The first kappa shape index (κ1) is 15.1. The van der Waals surface area contributed by atoms with Crippen molar-refractivity contribution >= 4 is 38.5 Å². The Kier molecular flexibility index (Phi) is 4.03. The monoisotopic (exact) mass is 374 g/mol. The third-order valence-electron chi connectivity index (χ3n) is 3.20. The van der Waals surface area contributed by atoms with Gasteiger partial charge in [-0.25, -0.2) is 0 Å². The zero-order chi connectivity index (χ0) is 16.4. The topological polar surface area (TPSA) is 91.6 Å². The van der Waals surface area contributed by atoms with Crippen LogP contribution in [0.5, 0.6) is 5.75 Å². The first-order valence-electron chi connectivity index (χ1n) is 6.62. The molecular weight excluding hydrogens is 364 g/mol. The fourth-order valence-corrected chi connectivity index (χ4v) is 2.40. The van der Waals surface area contributed by atoms with Gasteiger partial charge >= 0.3 is 5.91 Å². The maximum atomic E-state index is 12.1. The van der Waals surface area contributed by atoms with Gasteiger partial charge < -0.3 is 9.52 Å². The minimum absolute atomic E-state index is 0.0416. The molecule has 2 aromatic carbocycles. The normalized spacial score (nSPS) is 10.5. The lowest BCUT2D eigenvalue weighted by atomic mass is 10.1. The largest absolute Gasteiger partial charge is 0.507 e. The van der Waals surface area contributed by atoms with Crippen LogP contribution < -0.4 is 10.9 Å². The Morgan fingerprint density at radius 1 is 0.957 bits per heavy atom. The predicted molar refractivity (Wildman–Crippen MR) is 87.0 cm³/mol. The molecule has 3 aromatic rings. The molecule has 0 atom stereocenters. The Hall–Kier alpha value is -2.80. The number of rotatable bonds is 2. The van der Waals surface area contributed by atoms with Crippen LogP contribution in [0.4, 0.5) is 0 Å². The van der Waals surface area contributed by atoms with Crippen molar-refractivity contribution in [3.8, 4) is 5.75 Å². The summed E-state index contributed by atoms with van der Waals surface area (Å²) in [6.07, 6.45) is 0. The average molecular weight is 375 g/mol. The zero-order valence-corrected chi connectivity index (χ0v) is 13.3. The number of benzene rings is 2. The quantitative estimate of drug-likeness (QED) is 0.601. The van der Waals surface area contributed by atoms with Crippen LogP contribution >= 0.6 is 15.9 Å². The summed E-state index contributed by atoms with van der Waals surface area (Å²) in [5.41, 5.74) is 4.52. The third-order valence-corrected chi connectivity index (χ3v) is 3.62. The molecule has 7 heteroatoms. The molecule has 0 spiro atoms. The van der Waals surface area contributed by atoms with Crippen molar-refractivity contribution in [2.24, 2.45) is 0 Å². The second-order valence-corrected chi connectivity index (χ2v) is 5.51. The molecule has 23 heavy (non-hydrogen) atoms. The molecule has 3 rings (SSSR count). The highest BCUT2D eigenvalue weighted by atomic mass is 79.9. The number of nitrogens with one attached hydrogen (secondary N) is 2. The molecule has 1 heterocycles. The van der Waals surface area contributed by atoms with Crippen molar-refractivity contribution in [1.82, 2.24) is 10.9 Å². The van der Waals surface area contributed by atoms with Gasteiger partial charge in [-0.2, -0.15) is 0 Å². The molecule has 0 radical (unpaired) electrons. The number of furan rings is 1. The molecule has 0 unspecified atom stereocenters. The van der Waals surface area contributed by atoms with Gasteiger partial charge in [-0.3, -0.25) is 20.4 Å². The number of fused-ring (bicyclic) bond motifs is 1. The molecule has 0 aliphatic rings. The van der Waals surface area contributed by atoms with Crippen LogP contribution in [0.2, 0.25) is 0 Å². The number of phenols is 1. The number of phenolic OH excluding ortho intramolecular Hbond substituents is 1. The van der Waals surface area contributed by atoms with Crippen molar-refractivity contribution in [3.05, 3.63) is 64.5 Å². The summed E-state index contributed by atoms with van der Waals surface area (Å²) in [5, 5.41) is 11.6. The summed E-state index contributed by atoms with van der Waals surface area (Å²) in [5.74, 6) is -1.37. The van der Waals surface area contributed by atoms with E-state index in [1.54, 1.807) is 12.1 Å². The second kappa shape index (κ2) is 6.13. The van der Waals surface area contributed by atoms with Crippen LogP contribution in [0.15, 0.2) is 57.6 Å². The first-order chi connectivity index (χ1) is 11.0. The van der Waals surface area contributed by atoms with E-state index in [2.05, 4.69) is 26.8 Å². The maximum absolute atomic E-state index is 12.1. The molecule has 3 N–H and O–H groups in total. The first-order valence-corrected chi connectivity index (χ1v) is 7.41. The van der Waals surface area contributed by atoms with Crippen molar-refractivity contribution in [2.45, 2.75) is 0 Å². The Morgan fingerprint density at radius 3 is 2.26 bits per heavy atom. The molecule has 2 amide bonds. The van der Waals surface area contributed by atoms with Crippen LogP contribution in [0.1, 0.15) is 20.9 Å². The van der Waals surface area contributed by atoms with Gasteiger partial charge in [0, 0.05) is 0 Å². The number of hydrogen-bond donors (Lipinski definition) is 3. The summed E-state index contributed by atoms with van der Waals surface area (Å²) in [4.78, 5) is 23.9. The molecule has 0 saturated heterocycles. The summed E-state index contributed by atoms with van der Waals surface area (Å²) in [7, 11) is 0. The molecule has 0 bridgehead atoms. The van der Waals surface area contributed by atoms with Gasteiger partial charge in [0.1, 0.15) is 5.75 Å². The Bertz CT molecular complexity index is 904. The fourth-order valence-electron chi connectivity index (χ4n) is 2.09. The second-order valence-electron chi connectivity index (χ2n) is 4.73. The Morgan fingerprint density at radius 2 is 1.61 bits per heavy atom. The summed E-state index contributed by atoms with van der Waals surface area (Å²) in [6.45, 7) is 0. The van der Waals surface area contributed by atoms with E-state index in [4.69, 9.17) is 4.42 Å². The molecule has 6 nitrogen and oxygen atoms in total. The van der Waals surface area contributed by atoms with Gasteiger partial charge in [-0.05, 0) is 51.0 Å². The number of carbonyl (C=O) groups excluding carboxylic acids is 2. The highest BCUT2D eigenvalue weighted by Crippen LogP contribution is 2.24. The lowest BCUT2D eigenvalue weighted by Gasteiger charge is -2.09. The summed E-state index contributed by atoms with van der Waals surface area (Å²) in [6, 6.07) is 13.4. The number of aromatic hydroxyl groups is 1. The number of hydrazine groups is 1. The van der Waals surface area contributed by atoms with E-state index >= 15 is 0 Å². The smallest absolute Gasteiger partial charge is 0.305 e. The zero-order valence-electron chi connectivity index (χ0n) is 11.7. The summed E-state index contributed by atoms with van der Waals surface area (Å²) < 4.78 is 5.47. The highest BCUT2D eigenvalue weighted by molar-refractivity contribution is 9.10. The molecule has 0 aliphatic carbocycles. The van der Waals surface area contributed by atoms with E-state index < -0.39 is 11.8 Å². The molecule has 0 aliphatic heterocycles. The van der Waals surface area contributed by atoms with E-state index in [1.165, 1.54) is 12.1 Å². The van der Waals surface area contributed by atoms with E-state index in [0.717, 1.165) is 10.8 Å². The maximum Gasteiger partial charge on any atom is 0.305 e. The van der Waals surface area contributed by atoms with Crippen LogP contribution in [-0.2, 0) is 0 Å². The average Bonchev–Trinajstić information content (AvgIpc) is 2.98. The Balaban J connectivity index is 1.75. The van der Waals surface area contributed by atoms with Crippen molar-refractivity contribution in [1.29, 1.82) is 0 Å². The highest BCUT2D eigenvalue weighted by Gasteiger charge is 2.15. The van der Waals surface area contributed by atoms with Crippen molar-refractivity contribution in [3.63, 3.8) is 0 Å². The number of amides is 2. The van der Waals surface area contributed by atoms with Crippen LogP contribution in [-0.4, -0.2) is 16.9 Å². The standard InChI is InChI=1S/C16H11BrN2O4/c17-14-6-5-13(23-14)16(22)19-18-15(21)11-7-9-3-1-2-4-10(9)8-12(11)20/h1-8,20H,(H,18,21)(H,19,22). The van der Waals surface area contributed by atoms with Crippen LogP contribution in [0, 0.1) is 0 Å². The molecular formula is C16H11BrN2O4. The van der Waals surface area contributed by atoms with Crippen molar-refractivity contribution in [2.75, 3.05) is 0 Å². The van der Waals surface area contributed by atoms with Gasteiger partial charge in [0.15, 0.2) is 10.4 Å². The van der Waals surface area contributed by atoms with Crippen LogP contribution in [0.3, 0.4) is 0 Å². The molecule has 0 fully saturated rings. The molecule has 0 saturated carbocycles. The lowest BCUT2D eigenvalue weighted by Crippen LogP contribution is -2.41. The molecule has 116 valence electrons. The van der Waals surface area contributed by atoms with Gasteiger partial charge in [0.2, 0.25) is 0 Å². The fraction of sp³-hybridized carbons (Fsp3) is 0. The number of halogens is 1.